The molecule has 5 heterocycles. The van der Waals surface area contributed by atoms with Crippen LogP contribution in [0.25, 0.3) is 11.0 Å². The summed E-state index contributed by atoms with van der Waals surface area (Å²) in [6.07, 6.45) is 3.77. The Hall–Kier alpha value is -3.75. The molecular weight excluding hydrogens is 411 g/mol. The fourth-order valence-corrected chi connectivity index (χ4v) is 5.05. The molecule has 6 rings (SSSR count). The van der Waals surface area contributed by atoms with Gasteiger partial charge in [-0.1, -0.05) is 12.6 Å². The maximum absolute atomic E-state index is 14.7. The molecule has 0 saturated carbocycles. The maximum Gasteiger partial charge on any atom is 0.246 e. The van der Waals surface area contributed by atoms with Gasteiger partial charge in [0.15, 0.2) is 11.6 Å². The van der Waals surface area contributed by atoms with E-state index in [1.54, 1.807) is 12.1 Å². The van der Waals surface area contributed by atoms with Crippen LogP contribution >= 0.6 is 0 Å². The lowest BCUT2D eigenvalue weighted by molar-refractivity contribution is -0.127. The van der Waals surface area contributed by atoms with Crippen LogP contribution in [0.5, 0.6) is 5.75 Å². The molecule has 2 aromatic heterocycles. The molecular formula is C23H21FN6O2. The van der Waals surface area contributed by atoms with Crippen molar-refractivity contribution in [2.24, 2.45) is 0 Å². The number of fused-ring (bicyclic) bond motifs is 4. The van der Waals surface area contributed by atoms with Gasteiger partial charge in [-0.3, -0.25) is 4.79 Å². The van der Waals surface area contributed by atoms with Crippen LogP contribution in [0.2, 0.25) is 0 Å². The highest BCUT2D eigenvalue weighted by molar-refractivity contribution is 5.90. The molecule has 0 radical (unpaired) electrons. The van der Waals surface area contributed by atoms with Crippen molar-refractivity contribution in [3.05, 3.63) is 55.1 Å². The number of anilines is 3. The third kappa shape index (κ3) is 2.80. The molecule has 0 N–H and O–H groups in total. The lowest BCUT2D eigenvalue weighted by Gasteiger charge is -2.34. The standard InChI is InChI=1S/C23H21FN6O2/c1-2-20(31)30-12-14-10-15(30)11-29(14)19-7-6-17-21(27-19)23(26-13-25-17)28-8-9-32-18-5-3-4-16(24)22(18)28/h2-7,13-15H,1,8-12H2/t14-,15-/m0/s1. The number of nitrogens with zero attached hydrogens (tertiary/aromatic N) is 6. The van der Waals surface area contributed by atoms with E-state index < -0.39 is 0 Å². The quantitative estimate of drug-likeness (QED) is 0.589. The van der Waals surface area contributed by atoms with Crippen LogP contribution in [0, 0.1) is 5.82 Å². The minimum atomic E-state index is -0.367. The molecule has 2 bridgehead atoms. The number of piperazine rings is 1. The van der Waals surface area contributed by atoms with E-state index in [9.17, 15) is 9.18 Å². The van der Waals surface area contributed by atoms with Crippen LogP contribution in [0.3, 0.4) is 0 Å². The summed E-state index contributed by atoms with van der Waals surface area (Å²) < 4.78 is 20.4. The summed E-state index contributed by atoms with van der Waals surface area (Å²) in [5, 5.41) is 0. The summed E-state index contributed by atoms with van der Waals surface area (Å²) in [5.41, 5.74) is 1.67. The average Bonchev–Trinajstić information content (AvgIpc) is 3.44. The zero-order valence-corrected chi connectivity index (χ0v) is 17.3. The number of carbonyl (C=O) groups excluding carboxylic acids is 1. The third-order valence-electron chi connectivity index (χ3n) is 6.49. The number of benzene rings is 1. The molecule has 1 amide bonds. The van der Waals surface area contributed by atoms with Crippen molar-refractivity contribution < 1.29 is 13.9 Å². The van der Waals surface area contributed by atoms with Crippen LogP contribution in [-0.4, -0.2) is 64.1 Å². The van der Waals surface area contributed by atoms with Crippen molar-refractivity contribution >= 4 is 34.3 Å². The number of likely N-dealkylation sites (tertiary alicyclic amines) is 1. The Bertz CT molecular complexity index is 1250. The smallest absolute Gasteiger partial charge is 0.246 e. The van der Waals surface area contributed by atoms with Crippen molar-refractivity contribution in [1.82, 2.24) is 19.9 Å². The zero-order valence-electron chi connectivity index (χ0n) is 17.3. The molecule has 1 aromatic carbocycles. The Morgan fingerprint density at radius 2 is 2.09 bits per heavy atom. The molecule has 162 valence electrons. The fourth-order valence-electron chi connectivity index (χ4n) is 5.05. The van der Waals surface area contributed by atoms with Crippen LogP contribution in [0.4, 0.5) is 21.7 Å². The van der Waals surface area contributed by atoms with Gasteiger partial charge in [0, 0.05) is 13.1 Å². The van der Waals surface area contributed by atoms with Crippen molar-refractivity contribution in [3.63, 3.8) is 0 Å². The molecule has 3 aliphatic rings. The number of pyridine rings is 1. The molecule has 0 aliphatic carbocycles. The predicted molar refractivity (Wildman–Crippen MR) is 118 cm³/mol. The SMILES string of the molecule is C=CC(=O)N1C[C@@H]2C[C@H]1CN2c1ccc2ncnc(N3CCOc4cccc(F)c43)c2n1. The second-order valence-corrected chi connectivity index (χ2v) is 8.21. The fraction of sp³-hybridized carbons (Fsp3) is 0.304. The molecule has 2 fully saturated rings. The van der Waals surface area contributed by atoms with Gasteiger partial charge < -0.3 is 19.4 Å². The van der Waals surface area contributed by atoms with Crippen LogP contribution in [-0.2, 0) is 4.79 Å². The lowest BCUT2D eigenvalue weighted by Crippen LogP contribution is -2.48. The van der Waals surface area contributed by atoms with E-state index in [0.717, 1.165) is 18.8 Å². The van der Waals surface area contributed by atoms with E-state index in [1.165, 1.54) is 18.5 Å². The second-order valence-electron chi connectivity index (χ2n) is 8.21. The number of halogens is 1. The molecule has 32 heavy (non-hydrogen) atoms. The topological polar surface area (TPSA) is 74.7 Å². The number of rotatable bonds is 3. The first-order chi connectivity index (χ1) is 15.6. The van der Waals surface area contributed by atoms with E-state index in [-0.39, 0.29) is 23.8 Å². The monoisotopic (exact) mass is 432 g/mol. The van der Waals surface area contributed by atoms with Crippen LogP contribution < -0.4 is 14.5 Å². The Morgan fingerprint density at radius 3 is 2.91 bits per heavy atom. The highest BCUT2D eigenvalue weighted by Gasteiger charge is 2.45. The summed E-state index contributed by atoms with van der Waals surface area (Å²) in [5.74, 6) is 1.47. The lowest BCUT2D eigenvalue weighted by atomic mass is 10.2. The van der Waals surface area contributed by atoms with Gasteiger partial charge in [-0.05, 0) is 36.8 Å². The zero-order chi connectivity index (χ0) is 21.8. The van der Waals surface area contributed by atoms with Crippen molar-refractivity contribution in [2.75, 3.05) is 36.0 Å². The third-order valence-corrected chi connectivity index (χ3v) is 6.49. The van der Waals surface area contributed by atoms with E-state index >= 15 is 0 Å². The molecule has 3 aromatic rings. The number of ether oxygens (including phenoxy) is 1. The van der Waals surface area contributed by atoms with Crippen molar-refractivity contribution in [1.29, 1.82) is 0 Å². The van der Waals surface area contributed by atoms with Gasteiger partial charge in [0.1, 0.15) is 35.7 Å². The van der Waals surface area contributed by atoms with Gasteiger partial charge in [-0.25, -0.2) is 19.3 Å². The highest BCUT2D eigenvalue weighted by Crippen LogP contribution is 2.40. The predicted octanol–water partition coefficient (Wildman–Crippen LogP) is 2.67. The first kappa shape index (κ1) is 19.0. The van der Waals surface area contributed by atoms with E-state index in [4.69, 9.17) is 9.72 Å². The number of amides is 1. The van der Waals surface area contributed by atoms with E-state index in [0.29, 0.717) is 48.0 Å². The Kier molecular flexibility index (Phi) is 4.24. The first-order valence-electron chi connectivity index (χ1n) is 10.6. The molecule has 2 saturated heterocycles. The Balaban J connectivity index is 1.39. The first-order valence-corrected chi connectivity index (χ1v) is 10.6. The number of hydrogen-bond acceptors (Lipinski definition) is 7. The molecule has 9 heteroatoms. The number of para-hydroxylation sites is 1. The van der Waals surface area contributed by atoms with Gasteiger partial charge in [-0.2, -0.15) is 0 Å². The minimum Gasteiger partial charge on any atom is -0.489 e. The number of aromatic nitrogens is 3. The number of carbonyl (C=O) groups is 1. The highest BCUT2D eigenvalue weighted by atomic mass is 19.1. The van der Waals surface area contributed by atoms with Crippen LogP contribution in [0.1, 0.15) is 6.42 Å². The molecule has 2 atom stereocenters. The second kappa shape index (κ2) is 7.15. The summed E-state index contributed by atoms with van der Waals surface area (Å²) in [6.45, 7) is 5.87. The Labute approximate surface area is 183 Å². The molecule has 0 spiro atoms. The summed E-state index contributed by atoms with van der Waals surface area (Å²) in [6, 6.07) is 9.05. The average molecular weight is 432 g/mol. The van der Waals surface area contributed by atoms with Gasteiger partial charge in [0.25, 0.3) is 0 Å². The maximum atomic E-state index is 14.7. The Morgan fingerprint density at radius 1 is 1.19 bits per heavy atom. The molecule has 3 aliphatic heterocycles. The molecule has 8 nitrogen and oxygen atoms in total. The van der Waals surface area contributed by atoms with Gasteiger partial charge in [0.2, 0.25) is 5.91 Å². The minimum absolute atomic E-state index is 0.0210. The van der Waals surface area contributed by atoms with Crippen molar-refractivity contribution in [2.45, 2.75) is 18.5 Å². The summed E-state index contributed by atoms with van der Waals surface area (Å²) in [4.78, 5) is 31.8. The van der Waals surface area contributed by atoms with Crippen LogP contribution in [0.15, 0.2) is 49.3 Å². The van der Waals surface area contributed by atoms with Gasteiger partial charge in [-0.15, -0.1) is 0 Å². The van der Waals surface area contributed by atoms with Crippen molar-refractivity contribution in [3.8, 4) is 5.75 Å². The summed E-state index contributed by atoms with van der Waals surface area (Å²) >= 11 is 0. The van der Waals surface area contributed by atoms with Gasteiger partial charge >= 0.3 is 0 Å². The summed E-state index contributed by atoms with van der Waals surface area (Å²) in [7, 11) is 0. The largest absolute Gasteiger partial charge is 0.489 e. The normalized spacial score (nSPS) is 21.6. The number of hydrogen-bond donors (Lipinski definition) is 0. The molecule has 0 unspecified atom stereocenters. The van der Waals surface area contributed by atoms with E-state index in [2.05, 4.69) is 21.4 Å². The van der Waals surface area contributed by atoms with E-state index in [1.807, 2.05) is 21.9 Å². The van der Waals surface area contributed by atoms with Gasteiger partial charge in [0.05, 0.1) is 24.1 Å².